The average Bonchev–Trinajstić information content (AvgIpc) is 2.35. The molecule has 0 aliphatic rings. The largest absolute Gasteiger partial charge is 0.481 e. The molecule has 0 amide bonds. The molecule has 0 atom stereocenters. The molecule has 4 nitrogen and oxygen atoms in total. The highest BCUT2D eigenvalue weighted by atomic mass is 32.2. The number of aliphatic carboxylic acids is 1. The smallest absolute Gasteiger partial charge is 0.313 e. The van der Waals surface area contributed by atoms with E-state index in [1.54, 1.807) is 0 Å². The predicted octanol–water partition coefficient (Wildman–Crippen LogP) is 2.28. The fourth-order valence-corrected chi connectivity index (χ4v) is 2.33. The Morgan fingerprint density at radius 1 is 1.47 bits per heavy atom. The van der Waals surface area contributed by atoms with Crippen LogP contribution in [0.3, 0.4) is 0 Å². The van der Waals surface area contributed by atoms with Gasteiger partial charge in [-0.3, -0.25) is 9.78 Å². The van der Waals surface area contributed by atoms with E-state index in [4.69, 9.17) is 10.4 Å². The van der Waals surface area contributed by atoms with Crippen LogP contribution in [0, 0.1) is 11.3 Å². The zero-order chi connectivity index (χ0) is 12.3. The highest BCUT2D eigenvalue weighted by molar-refractivity contribution is 8.00. The SMILES string of the molecule is N#Cc1cnc2ccccc2c1SCC(=O)O. The third-order valence-corrected chi connectivity index (χ3v) is 3.31. The molecule has 0 saturated heterocycles. The molecule has 1 N–H and O–H groups in total. The molecule has 0 saturated carbocycles. The summed E-state index contributed by atoms with van der Waals surface area (Å²) in [6, 6.07) is 9.41. The number of carboxylic acids is 1. The standard InChI is InChI=1S/C12H8N2O2S/c13-5-8-6-14-10-4-2-1-3-9(10)12(8)17-7-11(15)16/h1-4,6H,7H2,(H,15,16). The van der Waals surface area contributed by atoms with E-state index in [-0.39, 0.29) is 5.75 Å². The number of benzene rings is 1. The van der Waals surface area contributed by atoms with Crippen LogP contribution in [0.15, 0.2) is 35.4 Å². The third-order valence-electron chi connectivity index (χ3n) is 2.19. The summed E-state index contributed by atoms with van der Waals surface area (Å²) >= 11 is 1.15. The first-order chi connectivity index (χ1) is 8.22. The number of carbonyl (C=O) groups is 1. The molecule has 17 heavy (non-hydrogen) atoms. The molecular formula is C12H8N2O2S. The van der Waals surface area contributed by atoms with E-state index in [1.165, 1.54) is 6.20 Å². The summed E-state index contributed by atoms with van der Waals surface area (Å²) in [5, 5.41) is 18.5. The van der Waals surface area contributed by atoms with Crippen molar-refractivity contribution in [2.75, 3.05) is 5.75 Å². The van der Waals surface area contributed by atoms with Crippen molar-refractivity contribution in [3.05, 3.63) is 36.0 Å². The normalized spacial score (nSPS) is 10.1. The van der Waals surface area contributed by atoms with Crippen LogP contribution >= 0.6 is 11.8 Å². The van der Waals surface area contributed by atoms with Gasteiger partial charge in [-0.05, 0) is 6.07 Å². The Balaban J connectivity index is 2.55. The zero-order valence-electron chi connectivity index (χ0n) is 8.75. The van der Waals surface area contributed by atoms with Crippen LogP contribution < -0.4 is 0 Å². The molecule has 1 heterocycles. The molecule has 2 rings (SSSR count). The van der Waals surface area contributed by atoms with Crippen LogP contribution in [0.5, 0.6) is 0 Å². The molecule has 1 aromatic heterocycles. The van der Waals surface area contributed by atoms with Gasteiger partial charge in [0.15, 0.2) is 0 Å². The lowest BCUT2D eigenvalue weighted by Gasteiger charge is -2.06. The summed E-state index contributed by atoms with van der Waals surface area (Å²) in [4.78, 5) is 15.4. The summed E-state index contributed by atoms with van der Waals surface area (Å²) in [6.07, 6.45) is 1.48. The van der Waals surface area contributed by atoms with Gasteiger partial charge in [-0.2, -0.15) is 5.26 Å². The van der Waals surface area contributed by atoms with Gasteiger partial charge < -0.3 is 5.11 Å². The van der Waals surface area contributed by atoms with Gasteiger partial charge in [0, 0.05) is 16.5 Å². The maximum atomic E-state index is 10.6. The molecule has 2 aromatic rings. The van der Waals surface area contributed by atoms with E-state index in [2.05, 4.69) is 4.98 Å². The second-order valence-corrected chi connectivity index (χ2v) is 4.30. The minimum absolute atomic E-state index is 0.0668. The Hall–Kier alpha value is -2.06. The fraction of sp³-hybridized carbons (Fsp3) is 0.0833. The molecule has 84 valence electrons. The van der Waals surface area contributed by atoms with Gasteiger partial charge in [-0.25, -0.2) is 0 Å². The third kappa shape index (κ3) is 2.37. The molecule has 0 fully saturated rings. The maximum absolute atomic E-state index is 10.6. The summed E-state index contributed by atoms with van der Waals surface area (Å²) < 4.78 is 0. The monoisotopic (exact) mass is 244 g/mol. The first kappa shape index (κ1) is 11.4. The second kappa shape index (κ2) is 4.85. The van der Waals surface area contributed by atoms with E-state index in [0.717, 1.165) is 22.7 Å². The minimum atomic E-state index is -0.903. The molecule has 1 aromatic carbocycles. The molecule has 0 unspecified atom stereocenters. The van der Waals surface area contributed by atoms with Crippen molar-refractivity contribution in [2.45, 2.75) is 4.90 Å². The molecule has 0 spiro atoms. The summed E-state index contributed by atoms with van der Waals surface area (Å²) in [7, 11) is 0. The lowest BCUT2D eigenvalue weighted by molar-refractivity contribution is -0.133. The van der Waals surface area contributed by atoms with Crippen LogP contribution in [0.1, 0.15) is 5.56 Å². The van der Waals surface area contributed by atoms with Crippen molar-refractivity contribution in [3.63, 3.8) is 0 Å². The number of aromatic nitrogens is 1. The van der Waals surface area contributed by atoms with Gasteiger partial charge in [0.25, 0.3) is 0 Å². The second-order valence-electron chi connectivity index (χ2n) is 3.31. The van der Waals surface area contributed by atoms with Crippen molar-refractivity contribution in [1.29, 1.82) is 5.26 Å². The lowest BCUT2D eigenvalue weighted by atomic mass is 10.2. The topological polar surface area (TPSA) is 74.0 Å². The number of nitriles is 1. The summed E-state index contributed by atoms with van der Waals surface area (Å²) in [6.45, 7) is 0. The number of thioether (sulfide) groups is 1. The summed E-state index contributed by atoms with van der Waals surface area (Å²) in [5.74, 6) is -0.970. The number of hydrogen-bond acceptors (Lipinski definition) is 4. The molecular weight excluding hydrogens is 236 g/mol. The fourth-order valence-electron chi connectivity index (χ4n) is 1.49. The first-order valence-corrected chi connectivity index (χ1v) is 5.83. The van der Waals surface area contributed by atoms with E-state index in [0.29, 0.717) is 10.5 Å². The van der Waals surface area contributed by atoms with Gasteiger partial charge in [0.05, 0.1) is 16.8 Å². The Morgan fingerprint density at radius 3 is 2.94 bits per heavy atom. The van der Waals surface area contributed by atoms with E-state index in [9.17, 15) is 4.79 Å². The van der Waals surface area contributed by atoms with Crippen molar-refractivity contribution < 1.29 is 9.90 Å². The number of hydrogen-bond donors (Lipinski definition) is 1. The van der Waals surface area contributed by atoms with Crippen LogP contribution in [0.25, 0.3) is 10.9 Å². The predicted molar refractivity (Wildman–Crippen MR) is 64.8 cm³/mol. The number of nitrogens with zero attached hydrogens (tertiary/aromatic N) is 2. The minimum Gasteiger partial charge on any atom is -0.481 e. The van der Waals surface area contributed by atoms with Crippen LogP contribution in [0.2, 0.25) is 0 Å². The van der Waals surface area contributed by atoms with Gasteiger partial charge >= 0.3 is 5.97 Å². The lowest BCUT2D eigenvalue weighted by Crippen LogP contribution is -1.99. The van der Waals surface area contributed by atoms with Gasteiger partial charge in [0.2, 0.25) is 0 Å². The first-order valence-electron chi connectivity index (χ1n) is 4.85. The molecule has 0 bridgehead atoms. The number of fused-ring (bicyclic) bond motifs is 1. The van der Waals surface area contributed by atoms with E-state index < -0.39 is 5.97 Å². The number of para-hydroxylation sites is 1. The van der Waals surface area contributed by atoms with Gasteiger partial charge in [0.1, 0.15) is 6.07 Å². The quantitative estimate of drug-likeness (QED) is 0.838. The number of carboxylic acid groups (broad SMARTS) is 1. The Kier molecular flexibility index (Phi) is 3.26. The van der Waals surface area contributed by atoms with E-state index >= 15 is 0 Å². The average molecular weight is 244 g/mol. The molecule has 5 heteroatoms. The highest BCUT2D eigenvalue weighted by Crippen LogP contribution is 2.29. The van der Waals surface area contributed by atoms with Crippen molar-refractivity contribution >= 4 is 28.6 Å². The molecule has 0 aliphatic heterocycles. The Morgan fingerprint density at radius 2 is 2.24 bits per heavy atom. The van der Waals surface area contributed by atoms with Crippen molar-refractivity contribution in [3.8, 4) is 6.07 Å². The van der Waals surface area contributed by atoms with E-state index in [1.807, 2.05) is 30.3 Å². The van der Waals surface area contributed by atoms with Gasteiger partial charge in [-0.1, -0.05) is 18.2 Å². The van der Waals surface area contributed by atoms with Crippen LogP contribution in [-0.2, 0) is 4.79 Å². The molecule has 0 aliphatic carbocycles. The maximum Gasteiger partial charge on any atom is 0.313 e. The Bertz CT molecular complexity index is 619. The van der Waals surface area contributed by atoms with Crippen LogP contribution in [0.4, 0.5) is 0 Å². The van der Waals surface area contributed by atoms with Crippen molar-refractivity contribution in [2.24, 2.45) is 0 Å². The highest BCUT2D eigenvalue weighted by Gasteiger charge is 2.10. The summed E-state index contributed by atoms with van der Waals surface area (Å²) in [5.41, 5.74) is 1.18. The Labute approximate surface area is 102 Å². The number of rotatable bonds is 3. The van der Waals surface area contributed by atoms with Crippen LogP contribution in [-0.4, -0.2) is 21.8 Å². The van der Waals surface area contributed by atoms with Crippen molar-refractivity contribution in [1.82, 2.24) is 4.98 Å². The molecule has 0 radical (unpaired) electrons. The van der Waals surface area contributed by atoms with Gasteiger partial charge in [-0.15, -0.1) is 11.8 Å². The number of pyridine rings is 1. The zero-order valence-corrected chi connectivity index (χ0v) is 9.57.